The number of nitrogen functional groups attached to an aromatic ring is 1. The number of pyridine rings is 1. The third kappa shape index (κ3) is 1.97. The molecule has 0 aliphatic carbocycles. The Labute approximate surface area is 110 Å². The first-order chi connectivity index (χ1) is 8.45. The van der Waals surface area contributed by atoms with Crippen LogP contribution in [0.15, 0.2) is 10.5 Å². The van der Waals surface area contributed by atoms with Gasteiger partial charge in [0.15, 0.2) is 23.3 Å². The smallest absolute Gasteiger partial charge is 0.192 e. The Balaban J connectivity index is 2.67. The van der Waals surface area contributed by atoms with Crippen LogP contribution in [0.5, 0.6) is 0 Å². The van der Waals surface area contributed by atoms with E-state index >= 15 is 0 Å². The van der Waals surface area contributed by atoms with Gasteiger partial charge in [0.25, 0.3) is 0 Å². The number of hydrogen-bond donors (Lipinski definition) is 2. The fourth-order valence-electron chi connectivity index (χ4n) is 1.54. The van der Waals surface area contributed by atoms with Gasteiger partial charge < -0.3 is 5.43 Å². The van der Waals surface area contributed by atoms with E-state index in [0.29, 0.717) is 17.5 Å². The van der Waals surface area contributed by atoms with E-state index in [1.54, 1.807) is 13.8 Å². The summed E-state index contributed by atoms with van der Waals surface area (Å²) >= 11 is 3.32. The zero-order valence-electron chi connectivity index (χ0n) is 9.63. The van der Waals surface area contributed by atoms with Crippen LogP contribution in [0.4, 0.5) is 14.6 Å². The van der Waals surface area contributed by atoms with Gasteiger partial charge >= 0.3 is 0 Å². The van der Waals surface area contributed by atoms with E-state index in [9.17, 15) is 8.78 Å². The molecule has 2 aromatic heterocycles. The number of anilines is 1. The van der Waals surface area contributed by atoms with Crippen LogP contribution in [-0.2, 0) is 0 Å². The highest BCUT2D eigenvalue weighted by atomic mass is 79.9. The molecule has 0 saturated heterocycles. The van der Waals surface area contributed by atoms with Crippen molar-refractivity contribution in [3.63, 3.8) is 0 Å². The number of hydrogen-bond acceptors (Lipinski definition) is 4. The van der Waals surface area contributed by atoms with E-state index in [-0.39, 0.29) is 11.6 Å². The molecule has 0 aliphatic heterocycles. The third-order valence-electron chi connectivity index (χ3n) is 2.45. The van der Waals surface area contributed by atoms with Crippen LogP contribution >= 0.6 is 15.9 Å². The molecule has 0 saturated carbocycles. The van der Waals surface area contributed by atoms with Crippen molar-refractivity contribution in [3.05, 3.63) is 33.6 Å². The molecule has 8 heteroatoms. The molecule has 96 valence electrons. The van der Waals surface area contributed by atoms with Gasteiger partial charge in [-0.25, -0.2) is 24.3 Å². The van der Waals surface area contributed by atoms with Crippen molar-refractivity contribution in [2.75, 3.05) is 5.43 Å². The summed E-state index contributed by atoms with van der Waals surface area (Å²) in [5, 5.41) is 4.12. The summed E-state index contributed by atoms with van der Waals surface area (Å²) in [6.07, 6.45) is 0. The first-order valence-electron chi connectivity index (χ1n) is 5.00. The minimum absolute atomic E-state index is 0.115. The van der Waals surface area contributed by atoms with Crippen LogP contribution in [0, 0.1) is 25.5 Å². The molecule has 3 N–H and O–H groups in total. The lowest BCUT2D eigenvalue weighted by molar-refractivity contribution is 0.561. The predicted molar refractivity (Wildman–Crippen MR) is 66.3 cm³/mol. The molecule has 0 unspecified atom stereocenters. The van der Waals surface area contributed by atoms with Crippen molar-refractivity contribution in [1.82, 2.24) is 14.8 Å². The molecule has 0 atom stereocenters. The van der Waals surface area contributed by atoms with Crippen molar-refractivity contribution in [3.8, 4) is 5.82 Å². The maximum Gasteiger partial charge on any atom is 0.192 e. The van der Waals surface area contributed by atoms with Crippen molar-refractivity contribution in [2.45, 2.75) is 13.8 Å². The van der Waals surface area contributed by atoms with Crippen LogP contribution < -0.4 is 11.3 Å². The average Bonchev–Trinajstić information content (AvgIpc) is 2.57. The lowest BCUT2D eigenvalue weighted by Crippen LogP contribution is -2.14. The fourth-order valence-corrected chi connectivity index (χ4v) is 1.78. The first-order valence-corrected chi connectivity index (χ1v) is 5.79. The van der Waals surface area contributed by atoms with E-state index in [1.165, 1.54) is 4.68 Å². The molecule has 2 aromatic rings. The second-order valence-corrected chi connectivity index (χ2v) is 4.46. The maximum absolute atomic E-state index is 13.7. The Hall–Kier alpha value is -1.54. The first kappa shape index (κ1) is 12.9. The number of halogens is 3. The predicted octanol–water partition coefficient (Wildman–Crippen LogP) is 2.21. The van der Waals surface area contributed by atoms with Gasteiger partial charge in [0.05, 0.1) is 15.9 Å². The minimum atomic E-state index is -0.862. The van der Waals surface area contributed by atoms with E-state index in [2.05, 4.69) is 31.4 Å². The standard InChI is InChI=1S/C10H10BrF2N5/c1-4-8(11)5(2)18(17-4)10-7(13)3-6(12)9(15-10)16-14/h3H,14H2,1-2H3,(H,15,16). The molecule has 5 nitrogen and oxygen atoms in total. The summed E-state index contributed by atoms with van der Waals surface area (Å²) in [5.41, 5.74) is 3.41. The molecule has 0 bridgehead atoms. The molecule has 0 aromatic carbocycles. The van der Waals surface area contributed by atoms with Gasteiger partial charge in [0.2, 0.25) is 0 Å². The van der Waals surface area contributed by atoms with Gasteiger partial charge in [-0.3, -0.25) is 0 Å². The largest absolute Gasteiger partial charge is 0.306 e. The number of nitrogens with one attached hydrogen (secondary N) is 1. The molecule has 0 aliphatic rings. The Morgan fingerprint density at radius 1 is 1.33 bits per heavy atom. The SMILES string of the molecule is Cc1nn(-c2nc(NN)c(F)cc2F)c(C)c1Br. The summed E-state index contributed by atoms with van der Waals surface area (Å²) in [6, 6.07) is 0.710. The molecule has 0 radical (unpaired) electrons. The van der Waals surface area contributed by atoms with E-state index in [4.69, 9.17) is 5.84 Å². The highest BCUT2D eigenvalue weighted by molar-refractivity contribution is 9.10. The summed E-state index contributed by atoms with van der Waals surface area (Å²) in [4.78, 5) is 3.77. The molecule has 0 spiro atoms. The quantitative estimate of drug-likeness (QED) is 0.658. The maximum atomic E-state index is 13.7. The second-order valence-electron chi connectivity index (χ2n) is 3.67. The Kier molecular flexibility index (Phi) is 3.31. The summed E-state index contributed by atoms with van der Waals surface area (Å²) in [6.45, 7) is 3.50. The summed E-state index contributed by atoms with van der Waals surface area (Å²) < 4.78 is 29.0. The molecular weight excluding hydrogens is 308 g/mol. The Morgan fingerprint density at radius 3 is 2.50 bits per heavy atom. The van der Waals surface area contributed by atoms with Crippen molar-refractivity contribution in [1.29, 1.82) is 0 Å². The zero-order valence-corrected chi connectivity index (χ0v) is 11.2. The highest BCUT2D eigenvalue weighted by Crippen LogP contribution is 2.24. The van der Waals surface area contributed by atoms with Crippen LogP contribution in [0.25, 0.3) is 5.82 Å². The van der Waals surface area contributed by atoms with Gasteiger partial charge in [-0.15, -0.1) is 0 Å². The zero-order chi connectivity index (χ0) is 13.4. The number of hydrazine groups is 1. The topological polar surface area (TPSA) is 68.8 Å². The van der Waals surface area contributed by atoms with E-state index in [1.807, 2.05) is 0 Å². The van der Waals surface area contributed by atoms with Crippen LogP contribution in [0.3, 0.4) is 0 Å². The third-order valence-corrected chi connectivity index (χ3v) is 3.60. The van der Waals surface area contributed by atoms with E-state index < -0.39 is 11.6 Å². The van der Waals surface area contributed by atoms with Gasteiger partial charge in [-0.1, -0.05) is 0 Å². The second kappa shape index (κ2) is 4.62. The van der Waals surface area contributed by atoms with Crippen LogP contribution in [-0.4, -0.2) is 14.8 Å². The lowest BCUT2D eigenvalue weighted by atomic mass is 10.3. The Morgan fingerprint density at radius 2 is 2.00 bits per heavy atom. The lowest BCUT2D eigenvalue weighted by Gasteiger charge is -2.08. The van der Waals surface area contributed by atoms with Gasteiger partial charge in [0, 0.05) is 6.07 Å². The van der Waals surface area contributed by atoms with Gasteiger partial charge in [-0.2, -0.15) is 5.10 Å². The molecule has 2 heterocycles. The highest BCUT2D eigenvalue weighted by Gasteiger charge is 2.17. The number of aryl methyl sites for hydroxylation is 1. The van der Waals surface area contributed by atoms with Crippen LogP contribution in [0.2, 0.25) is 0 Å². The summed E-state index contributed by atoms with van der Waals surface area (Å²) in [5.74, 6) is 3.07. The molecule has 2 rings (SSSR count). The van der Waals surface area contributed by atoms with Crippen molar-refractivity contribution < 1.29 is 8.78 Å². The van der Waals surface area contributed by atoms with Crippen LogP contribution in [0.1, 0.15) is 11.4 Å². The van der Waals surface area contributed by atoms with Crippen molar-refractivity contribution >= 4 is 21.7 Å². The average molecular weight is 318 g/mol. The van der Waals surface area contributed by atoms with E-state index in [0.717, 1.165) is 4.47 Å². The number of nitrogens with zero attached hydrogens (tertiary/aromatic N) is 3. The number of rotatable bonds is 2. The van der Waals surface area contributed by atoms with Gasteiger partial charge in [0.1, 0.15) is 0 Å². The number of aromatic nitrogens is 3. The molecular formula is C10H10BrF2N5. The van der Waals surface area contributed by atoms with Crippen molar-refractivity contribution in [2.24, 2.45) is 5.84 Å². The Bertz CT molecular complexity index is 611. The monoisotopic (exact) mass is 317 g/mol. The molecule has 18 heavy (non-hydrogen) atoms. The minimum Gasteiger partial charge on any atom is -0.306 e. The van der Waals surface area contributed by atoms with Gasteiger partial charge in [-0.05, 0) is 29.8 Å². The molecule has 0 amide bonds. The number of nitrogens with two attached hydrogens (primary N) is 1. The normalized spacial score (nSPS) is 10.8. The summed E-state index contributed by atoms with van der Waals surface area (Å²) in [7, 11) is 0. The fraction of sp³-hybridized carbons (Fsp3) is 0.200. The molecule has 0 fully saturated rings.